The third-order valence-corrected chi connectivity index (χ3v) is 3.62. The highest BCUT2D eigenvalue weighted by Crippen LogP contribution is 2.37. The van der Waals surface area contributed by atoms with Crippen molar-refractivity contribution in [1.82, 2.24) is 10.3 Å². The standard InChI is InChI=1S/C13H20N2O3/c16-9-13(4-11(17)12(18)5-13)8-15-7-10-2-1-3-14-6-10/h1-3,6,11-12,15-18H,4-5,7-9H2/t11-,12+,13?. The van der Waals surface area contributed by atoms with Crippen molar-refractivity contribution in [3.05, 3.63) is 30.1 Å². The van der Waals surface area contributed by atoms with E-state index >= 15 is 0 Å². The van der Waals surface area contributed by atoms with Crippen molar-refractivity contribution in [1.29, 1.82) is 0 Å². The zero-order valence-electron chi connectivity index (χ0n) is 10.3. The van der Waals surface area contributed by atoms with Gasteiger partial charge in [0.25, 0.3) is 0 Å². The van der Waals surface area contributed by atoms with Crippen LogP contribution in [0.5, 0.6) is 0 Å². The Balaban J connectivity index is 1.85. The molecule has 1 saturated carbocycles. The van der Waals surface area contributed by atoms with Crippen LogP contribution in [0.1, 0.15) is 18.4 Å². The van der Waals surface area contributed by atoms with E-state index in [1.165, 1.54) is 0 Å². The summed E-state index contributed by atoms with van der Waals surface area (Å²) in [5.41, 5.74) is 0.658. The maximum atomic E-state index is 9.58. The average molecular weight is 252 g/mol. The summed E-state index contributed by atoms with van der Waals surface area (Å²) in [6, 6.07) is 3.85. The van der Waals surface area contributed by atoms with Gasteiger partial charge in [0.2, 0.25) is 0 Å². The molecule has 18 heavy (non-hydrogen) atoms. The second-order valence-electron chi connectivity index (χ2n) is 5.17. The highest BCUT2D eigenvalue weighted by Gasteiger charge is 2.43. The summed E-state index contributed by atoms with van der Waals surface area (Å²) in [5, 5.41) is 31.9. The van der Waals surface area contributed by atoms with Gasteiger partial charge < -0.3 is 20.6 Å². The summed E-state index contributed by atoms with van der Waals surface area (Å²) in [7, 11) is 0. The van der Waals surface area contributed by atoms with Gasteiger partial charge in [0.1, 0.15) is 0 Å². The fourth-order valence-corrected chi connectivity index (χ4v) is 2.55. The van der Waals surface area contributed by atoms with Crippen LogP contribution in [0.2, 0.25) is 0 Å². The van der Waals surface area contributed by atoms with Crippen LogP contribution in [-0.2, 0) is 6.54 Å². The van der Waals surface area contributed by atoms with Gasteiger partial charge in [-0.05, 0) is 24.5 Å². The summed E-state index contributed by atoms with van der Waals surface area (Å²) in [6.45, 7) is 1.22. The van der Waals surface area contributed by atoms with E-state index in [2.05, 4.69) is 10.3 Å². The highest BCUT2D eigenvalue weighted by molar-refractivity contribution is 5.08. The molecule has 0 aromatic carbocycles. The topological polar surface area (TPSA) is 85.6 Å². The highest BCUT2D eigenvalue weighted by atomic mass is 16.3. The minimum atomic E-state index is -0.725. The van der Waals surface area contributed by atoms with Gasteiger partial charge in [-0.2, -0.15) is 0 Å². The molecule has 0 radical (unpaired) electrons. The van der Waals surface area contributed by atoms with Gasteiger partial charge in [-0.1, -0.05) is 6.07 Å². The number of pyridine rings is 1. The number of nitrogens with zero attached hydrogens (tertiary/aromatic N) is 1. The summed E-state index contributed by atoms with van der Waals surface area (Å²) in [5.74, 6) is 0. The predicted octanol–water partition coefficient (Wildman–Crippen LogP) is -0.335. The van der Waals surface area contributed by atoms with Gasteiger partial charge in [0.15, 0.2) is 0 Å². The van der Waals surface area contributed by atoms with Crippen LogP contribution < -0.4 is 5.32 Å². The van der Waals surface area contributed by atoms with Crippen molar-refractivity contribution in [2.75, 3.05) is 13.2 Å². The number of rotatable bonds is 5. The Morgan fingerprint density at radius 1 is 1.33 bits per heavy atom. The van der Waals surface area contributed by atoms with Crippen LogP contribution in [0, 0.1) is 5.41 Å². The second kappa shape index (κ2) is 5.75. The monoisotopic (exact) mass is 252 g/mol. The van der Waals surface area contributed by atoms with Crippen LogP contribution in [0.25, 0.3) is 0 Å². The van der Waals surface area contributed by atoms with Crippen molar-refractivity contribution in [2.24, 2.45) is 5.41 Å². The van der Waals surface area contributed by atoms with Crippen molar-refractivity contribution < 1.29 is 15.3 Å². The number of aromatic nitrogens is 1. The summed E-state index contributed by atoms with van der Waals surface area (Å²) in [4.78, 5) is 4.03. The lowest BCUT2D eigenvalue weighted by molar-refractivity contribution is 0.0438. The molecular formula is C13H20N2O3. The Labute approximate surface area is 106 Å². The molecule has 2 rings (SSSR count). The van der Waals surface area contributed by atoms with E-state index in [1.807, 2.05) is 12.1 Å². The van der Waals surface area contributed by atoms with E-state index in [0.717, 1.165) is 5.56 Å². The van der Waals surface area contributed by atoms with E-state index in [9.17, 15) is 15.3 Å². The number of nitrogens with one attached hydrogen (secondary N) is 1. The molecule has 1 heterocycles. The van der Waals surface area contributed by atoms with Crippen molar-refractivity contribution in [3.63, 3.8) is 0 Å². The van der Waals surface area contributed by atoms with E-state index in [1.54, 1.807) is 12.4 Å². The van der Waals surface area contributed by atoms with Gasteiger partial charge in [-0.15, -0.1) is 0 Å². The van der Waals surface area contributed by atoms with Crippen LogP contribution in [0.15, 0.2) is 24.5 Å². The fourth-order valence-electron chi connectivity index (χ4n) is 2.55. The molecule has 0 amide bonds. The Bertz CT molecular complexity index is 362. The zero-order valence-corrected chi connectivity index (χ0v) is 10.3. The molecule has 5 heteroatoms. The van der Waals surface area contributed by atoms with E-state index in [0.29, 0.717) is 25.9 Å². The smallest absolute Gasteiger partial charge is 0.0806 e. The van der Waals surface area contributed by atoms with E-state index in [-0.39, 0.29) is 6.61 Å². The lowest BCUT2D eigenvalue weighted by Gasteiger charge is -2.26. The first-order valence-corrected chi connectivity index (χ1v) is 6.22. The molecular weight excluding hydrogens is 232 g/mol. The van der Waals surface area contributed by atoms with Crippen molar-refractivity contribution >= 4 is 0 Å². The van der Waals surface area contributed by atoms with Crippen molar-refractivity contribution in [2.45, 2.75) is 31.6 Å². The van der Waals surface area contributed by atoms with Crippen LogP contribution >= 0.6 is 0 Å². The molecule has 1 unspecified atom stereocenters. The minimum absolute atomic E-state index is 0.0266. The summed E-state index contributed by atoms with van der Waals surface area (Å²) < 4.78 is 0. The van der Waals surface area contributed by atoms with Crippen molar-refractivity contribution in [3.8, 4) is 0 Å². The predicted molar refractivity (Wildman–Crippen MR) is 66.7 cm³/mol. The van der Waals surface area contributed by atoms with Gasteiger partial charge in [0.05, 0.1) is 18.8 Å². The molecule has 5 nitrogen and oxygen atoms in total. The number of aliphatic hydroxyl groups excluding tert-OH is 3. The maximum Gasteiger partial charge on any atom is 0.0806 e. The van der Waals surface area contributed by atoms with Gasteiger partial charge in [-0.25, -0.2) is 0 Å². The molecule has 0 aliphatic heterocycles. The first-order valence-electron chi connectivity index (χ1n) is 6.22. The van der Waals surface area contributed by atoms with Gasteiger partial charge in [-0.3, -0.25) is 4.98 Å². The number of aliphatic hydroxyl groups is 3. The molecule has 3 atom stereocenters. The molecule has 0 bridgehead atoms. The average Bonchev–Trinajstić information content (AvgIpc) is 2.67. The summed E-state index contributed by atoms with van der Waals surface area (Å²) >= 11 is 0. The quantitative estimate of drug-likeness (QED) is 0.576. The number of hydrogen-bond donors (Lipinski definition) is 4. The zero-order chi connectivity index (χ0) is 13.0. The minimum Gasteiger partial charge on any atom is -0.396 e. The largest absolute Gasteiger partial charge is 0.396 e. The molecule has 1 aromatic heterocycles. The molecule has 4 N–H and O–H groups in total. The lowest BCUT2D eigenvalue weighted by Crippen LogP contribution is -2.35. The van der Waals surface area contributed by atoms with Gasteiger partial charge in [0, 0.05) is 30.9 Å². The first-order chi connectivity index (χ1) is 8.65. The Hall–Kier alpha value is -1.01. The molecule has 1 aliphatic rings. The summed E-state index contributed by atoms with van der Waals surface area (Å²) in [6.07, 6.45) is 2.93. The van der Waals surface area contributed by atoms with Crippen LogP contribution in [0.3, 0.4) is 0 Å². The Morgan fingerprint density at radius 2 is 2.06 bits per heavy atom. The molecule has 0 saturated heterocycles. The molecule has 1 aliphatic carbocycles. The lowest BCUT2D eigenvalue weighted by atomic mass is 9.87. The normalized spacial score (nSPS) is 31.7. The Kier molecular flexibility index (Phi) is 4.29. The first kappa shape index (κ1) is 13.4. The molecule has 100 valence electrons. The SMILES string of the molecule is OCC1(CNCc2cccnc2)C[C@@H](O)[C@@H](O)C1. The third-order valence-electron chi connectivity index (χ3n) is 3.62. The third kappa shape index (κ3) is 3.05. The maximum absolute atomic E-state index is 9.58. The fraction of sp³-hybridized carbons (Fsp3) is 0.615. The number of hydrogen-bond acceptors (Lipinski definition) is 5. The Morgan fingerprint density at radius 3 is 2.61 bits per heavy atom. The van der Waals surface area contributed by atoms with E-state index in [4.69, 9.17) is 0 Å². The second-order valence-corrected chi connectivity index (χ2v) is 5.17. The van der Waals surface area contributed by atoms with Gasteiger partial charge >= 0.3 is 0 Å². The molecule has 1 fully saturated rings. The molecule has 1 aromatic rings. The van der Waals surface area contributed by atoms with E-state index < -0.39 is 17.6 Å². The van der Waals surface area contributed by atoms with Crippen LogP contribution in [-0.4, -0.2) is 45.7 Å². The molecule has 0 spiro atoms. The van der Waals surface area contributed by atoms with Crippen LogP contribution in [0.4, 0.5) is 0 Å².